The molecule has 2 aromatic rings. The molecule has 1 atom stereocenters. The second-order valence-corrected chi connectivity index (χ2v) is 8.90. The lowest BCUT2D eigenvalue weighted by Crippen LogP contribution is -2.49. The van der Waals surface area contributed by atoms with Crippen molar-refractivity contribution in [1.82, 2.24) is 25.1 Å². The van der Waals surface area contributed by atoms with Gasteiger partial charge >= 0.3 is 6.18 Å². The molecule has 1 aliphatic rings. The van der Waals surface area contributed by atoms with Crippen molar-refractivity contribution in [2.75, 3.05) is 47.9 Å². The van der Waals surface area contributed by atoms with Crippen LogP contribution < -0.4 is 15.8 Å². The monoisotopic (exact) mass is 485 g/mol. The number of thioether (sulfide) groups is 1. The third-order valence-electron chi connectivity index (χ3n) is 5.22. The second-order valence-electron chi connectivity index (χ2n) is 7.75. The van der Waals surface area contributed by atoms with Crippen LogP contribution in [0, 0.1) is 6.92 Å². The van der Waals surface area contributed by atoms with Crippen molar-refractivity contribution in [2.45, 2.75) is 32.5 Å². The van der Waals surface area contributed by atoms with Gasteiger partial charge in [0.15, 0.2) is 0 Å². The average Bonchev–Trinajstić information content (AvgIpc) is 2.79. The Morgan fingerprint density at radius 1 is 1.21 bits per heavy atom. The van der Waals surface area contributed by atoms with E-state index in [4.69, 9.17) is 0 Å². The van der Waals surface area contributed by atoms with Gasteiger partial charge in [-0.1, -0.05) is 0 Å². The molecule has 2 aromatic heterocycles. The summed E-state index contributed by atoms with van der Waals surface area (Å²) in [5, 5.41) is 9.44. The van der Waals surface area contributed by atoms with Crippen LogP contribution >= 0.6 is 11.8 Å². The van der Waals surface area contributed by atoms with Gasteiger partial charge in [-0.25, -0.2) is 15.1 Å². The minimum Gasteiger partial charge on any atom is -0.380 e. The lowest BCUT2D eigenvalue weighted by Gasteiger charge is -2.34. The van der Waals surface area contributed by atoms with Crippen molar-refractivity contribution in [2.24, 2.45) is 0 Å². The van der Waals surface area contributed by atoms with Crippen LogP contribution in [-0.4, -0.2) is 74.7 Å². The minimum absolute atomic E-state index is 0.0470. The Balaban J connectivity index is 1.36. The maximum Gasteiger partial charge on any atom is 0.419 e. The Morgan fingerprint density at radius 2 is 1.88 bits per heavy atom. The van der Waals surface area contributed by atoms with Crippen LogP contribution in [0.25, 0.3) is 0 Å². The normalized spacial score (nSPS) is 15.4. The molecule has 0 aliphatic carbocycles. The Hall–Kier alpha value is -2.83. The number of piperazine rings is 1. The molecule has 0 radical (unpaired) electrons. The fourth-order valence-corrected chi connectivity index (χ4v) is 4.20. The summed E-state index contributed by atoms with van der Waals surface area (Å²) < 4.78 is 37.9. The highest BCUT2D eigenvalue weighted by molar-refractivity contribution is 7.99. The summed E-state index contributed by atoms with van der Waals surface area (Å²) in [6, 6.07) is 0.0969. The highest BCUT2D eigenvalue weighted by Gasteiger charge is 2.32. The van der Waals surface area contributed by atoms with Crippen molar-refractivity contribution < 1.29 is 18.0 Å². The van der Waals surface area contributed by atoms with E-state index < -0.39 is 11.7 Å². The van der Waals surface area contributed by atoms with E-state index in [9.17, 15) is 22.8 Å². The summed E-state index contributed by atoms with van der Waals surface area (Å²) in [6.45, 7) is 5.60. The highest BCUT2D eigenvalue weighted by atomic mass is 32.2. The van der Waals surface area contributed by atoms with Gasteiger partial charge in [0.2, 0.25) is 11.9 Å². The molecule has 1 fully saturated rings. The van der Waals surface area contributed by atoms with Gasteiger partial charge in [0.25, 0.3) is 5.56 Å². The average molecular weight is 486 g/mol. The number of carbonyl (C=O) groups excluding carboxylic acids is 1. The summed E-state index contributed by atoms with van der Waals surface area (Å²) in [5.41, 5.74) is 0.164. The summed E-state index contributed by atoms with van der Waals surface area (Å²) >= 11 is 1.65. The summed E-state index contributed by atoms with van der Waals surface area (Å²) in [7, 11) is 0. The Labute approximate surface area is 193 Å². The molecular weight excluding hydrogens is 459 g/mol. The first-order valence-corrected chi connectivity index (χ1v) is 11.6. The van der Waals surface area contributed by atoms with Crippen molar-refractivity contribution in [1.29, 1.82) is 0 Å². The molecule has 1 aliphatic heterocycles. The van der Waals surface area contributed by atoms with Crippen LogP contribution in [0.3, 0.4) is 0 Å². The van der Waals surface area contributed by atoms with Gasteiger partial charge in [-0.05, 0) is 13.8 Å². The van der Waals surface area contributed by atoms with Gasteiger partial charge in [-0.3, -0.25) is 9.59 Å². The number of amides is 1. The zero-order valence-corrected chi connectivity index (χ0v) is 19.2. The first-order valence-electron chi connectivity index (χ1n) is 10.5. The fourth-order valence-electron chi connectivity index (χ4n) is 3.28. The molecule has 0 unspecified atom stereocenters. The number of nitrogens with one attached hydrogen (secondary N) is 2. The molecule has 33 heavy (non-hydrogen) atoms. The van der Waals surface area contributed by atoms with Crippen LogP contribution in [-0.2, 0) is 11.0 Å². The van der Waals surface area contributed by atoms with Crippen molar-refractivity contribution >= 4 is 29.3 Å². The van der Waals surface area contributed by atoms with Crippen LogP contribution in [0.4, 0.5) is 24.8 Å². The molecule has 0 aromatic carbocycles. The van der Waals surface area contributed by atoms with E-state index in [1.54, 1.807) is 34.7 Å². The summed E-state index contributed by atoms with van der Waals surface area (Å²) in [4.78, 5) is 35.3. The van der Waals surface area contributed by atoms with E-state index in [0.717, 1.165) is 18.1 Å². The van der Waals surface area contributed by atoms with Gasteiger partial charge in [0.05, 0.1) is 17.4 Å². The molecule has 3 rings (SSSR count). The largest absolute Gasteiger partial charge is 0.419 e. The van der Waals surface area contributed by atoms with E-state index in [2.05, 4.69) is 25.5 Å². The zero-order valence-electron chi connectivity index (χ0n) is 18.4. The summed E-state index contributed by atoms with van der Waals surface area (Å²) in [5.74, 6) is 1.71. The van der Waals surface area contributed by atoms with Crippen molar-refractivity contribution in [3.05, 3.63) is 40.1 Å². The molecule has 180 valence electrons. The Morgan fingerprint density at radius 3 is 2.52 bits per heavy atom. The Kier molecular flexibility index (Phi) is 8.16. The number of aromatic amines is 1. The van der Waals surface area contributed by atoms with Gasteiger partial charge in [-0.2, -0.15) is 30.0 Å². The van der Waals surface area contributed by atoms with E-state index >= 15 is 0 Å². The maximum atomic E-state index is 12.6. The quantitative estimate of drug-likeness (QED) is 0.548. The molecule has 3 heterocycles. The number of carbonyl (C=O) groups is 1. The van der Waals surface area contributed by atoms with E-state index in [1.165, 1.54) is 0 Å². The predicted molar refractivity (Wildman–Crippen MR) is 120 cm³/mol. The van der Waals surface area contributed by atoms with Crippen LogP contribution in [0.15, 0.2) is 23.4 Å². The molecule has 0 spiro atoms. The smallest absolute Gasteiger partial charge is 0.380 e. The minimum atomic E-state index is -4.47. The highest BCUT2D eigenvalue weighted by Crippen LogP contribution is 2.28. The molecular formula is C20H26F3N7O2S. The van der Waals surface area contributed by atoms with Gasteiger partial charge < -0.3 is 15.1 Å². The molecule has 1 amide bonds. The van der Waals surface area contributed by atoms with Gasteiger partial charge in [-0.15, -0.1) is 0 Å². The first kappa shape index (κ1) is 24.8. The number of aromatic nitrogens is 4. The number of nitrogens with zero attached hydrogens (tertiary/aromatic N) is 5. The van der Waals surface area contributed by atoms with Crippen molar-refractivity contribution in [3.63, 3.8) is 0 Å². The third kappa shape index (κ3) is 6.83. The van der Waals surface area contributed by atoms with E-state index in [1.807, 2.05) is 6.92 Å². The lowest BCUT2D eigenvalue weighted by molar-refractivity contribution is -0.138. The SMILES string of the molecule is Cc1c(N[C@@H](C)CSCCC(=O)N2CCN(c3ncc(C(F)(F)F)cn3)CC2)cn[nH]c1=O. The van der Waals surface area contributed by atoms with Gasteiger partial charge in [0.1, 0.15) is 0 Å². The number of hydrogen-bond donors (Lipinski definition) is 2. The first-order chi connectivity index (χ1) is 15.6. The van der Waals surface area contributed by atoms with Gasteiger partial charge in [0, 0.05) is 68.1 Å². The topological polar surface area (TPSA) is 107 Å². The number of H-pyrrole nitrogens is 1. The number of halogens is 3. The number of rotatable bonds is 8. The molecule has 0 saturated carbocycles. The van der Waals surface area contributed by atoms with Crippen LogP contribution in [0.1, 0.15) is 24.5 Å². The number of alkyl halides is 3. The lowest BCUT2D eigenvalue weighted by atomic mass is 10.2. The third-order valence-corrected chi connectivity index (χ3v) is 6.44. The number of anilines is 2. The molecule has 0 bridgehead atoms. The fraction of sp³-hybridized carbons (Fsp3) is 0.550. The predicted octanol–water partition coefficient (Wildman–Crippen LogP) is 2.16. The zero-order chi connectivity index (χ0) is 24.0. The Bertz CT molecular complexity index is 992. The molecule has 1 saturated heterocycles. The van der Waals surface area contributed by atoms with Crippen LogP contribution in [0.5, 0.6) is 0 Å². The van der Waals surface area contributed by atoms with Crippen molar-refractivity contribution in [3.8, 4) is 0 Å². The van der Waals surface area contributed by atoms with E-state index in [-0.39, 0.29) is 23.5 Å². The maximum absolute atomic E-state index is 12.6. The molecule has 2 N–H and O–H groups in total. The molecule has 13 heteroatoms. The summed E-state index contributed by atoms with van der Waals surface area (Å²) in [6.07, 6.45) is -0.926. The molecule has 9 nitrogen and oxygen atoms in total. The van der Waals surface area contributed by atoms with Crippen LogP contribution in [0.2, 0.25) is 0 Å². The standard InChI is InChI=1S/C20H26F3N7O2S/c1-13(27-16-11-26-28-18(32)14(16)2)12-33-8-3-17(31)29-4-6-30(7-5-29)19-24-9-15(10-25-19)20(21,22)23/h9-11,13H,3-8,12H2,1-2H3,(H2,27,28,32)/t13-/m0/s1. The second kappa shape index (κ2) is 10.9. The number of hydrogen-bond acceptors (Lipinski definition) is 8. The van der Waals surface area contributed by atoms with E-state index in [0.29, 0.717) is 49.6 Å².